The SMILES string of the molecule is CCCCO.[C-]1=CC=CC1.[C-]1=CC=CC1.[Cl-].[Zr+3]. The second-order valence-corrected chi connectivity index (χ2v) is 3.08. The minimum Gasteiger partial charge on any atom is -1.00 e. The summed E-state index contributed by atoms with van der Waals surface area (Å²) in [5, 5.41) is 8.07. The fraction of sp³-hybridized carbons (Fsp3) is 0.429. The number of halogens is 1. The summed E-state index contributed by atoms with van der Waals surface area (Å²) >= 11 is 0. The molecule has 17 heavy (non-hydrogen) atoms. The van der Waals surface area contributed by atoms with Crippen molar-refractivity contribution in [2.24, 2.45) is 0 Å². The van der Waals surface area contributed by atoms with Crippen molar-refractivity contribution in [3.05, 3.63) is 48.6 Å². The van der Waals surface area contributed by atoms with Crippen molar-refractivity contribution < 1.29 is 43.7 Å². The number of aliphatic hydroxyl groups excluding tert-OH is 1. The van der Waals surface area contributed by atoms with E-state index in [0.29, 0.717) is 6.61 Å². The van der Waals surface area contributed by atoms with Crippen LogP contribution in [-0.2, 0) is 26.2 Å². The van der Waals surface area contributed by atoms with E-state index < -0.39 is 0 Å². The molecule has 0 aromatic heterocycles. The van der Waals surface area contributed by atoms with Gasteiger partial charge >= 0.3 is 26.2 Å². The molecule has 2 rings (SSSR count). The number of rotatable bonds is 2. The molecule has 0 heterocycles. The quantitative estimate of drug-likeness (QED) is 0.726. The Bertz CT molecular complexity index is 188. The summed E-state index contributed by atoms with van der Waals surface area (Å²) in [6, 6.07) is 0. The van der Waals surface area contributed by atoms with Crippen LogP contribution in [-0.4, -0.2) is 11.7 Å². The molecule has 1 N–H and O–H groups in total. The Morgan fingerprint density at radius 2 is 1.53 bits per heavy atom. The molecule has 1 nitrogen and oxygen atoms in total. The van der Waals surface area contributed by atoms with Gasteiger partial charge in [0, 0.05) is 6.61 Å². The molecule has 0 aliphatic heterocycles. The number of hydrogen-bond acceptors (Lipinski definition) is 1. The zero-order valence-corrected chi connectivity index (χ0v) is 13.5. The van der Waals surface area contributed by atoms with Gasteiger partial charge in [-0.3, -0.25) is 12.2 Å². The van der Waals surface area contributed by atoms with Gasteiger partial charge in [-0.05, 0) is 6.42 Å². The molecule has 93 valence electrons. The predicted molar refractivity (Wildman–Crippen MR) is 65.1 cm³/mol. The van der Waals surface area contributed by atoms with Gasteiger partial charge in [-0.25, -0.2) is 24.3 Å². The van der Waals surface area contributed by atoms with Gasteiger partial charge < -0.3 is 17.5 Å². The van der Waals surface area contributed by atoms with Crippen LogP contribution in [0.2, 0.25) is 0 Å². The Morgan fingerprint density at radius 3 is 1.59 bits per heavy atom. The molecule has 0 atom stereocenters. The minimum atomic E-state index is 0. The topological polar surface area (TPSA) is 20.2 Å². The van der Waals surface area contributed by atoms with E-state index in [1.807, 2.05) is 24.3 Å². The molecule has 2 aliphatic rings. The van der Waals surface area contributed by atoms with Crippen molar-refractivity contribution in [3.63, 3.8) is 0 Å². The van der Waals surface area contributed by atoms with Gasteiger partial charge in [0.25, 0.3) is 0 Å². The normalized spacial score (nSPS) is 12.8. The molecule has 0 saturated carbocycles. The van der Waals surface area contributed by atoms with Crippen molar-refractivity contribution in [2.75, 3.05) is 6.61 Å². The van der Waals surface area contributed by atoms with Gasteiger partial charge in [0.05, 0.1) is 0 Å². The maximum Gasteiger partial charge on any atom is 3.00 e. The molecular formula is C14H20ClOZr. The van der Waals surface area contributed by atoms with Crippen LogP contribution in [0, 0.1) is 12.2 Å². The standard InChI is InChI=1S/2C5H5.C4H10O.ClH.Zr/c2*1-2-4-5-3-1;1-2-3-4-5;;/h2*1-3H,4H2;5H,2-4H2,1H3;1H;/q2*-1;;;+3/p-1. The van der Waals surface area contributed by atoms with Gasteiger partial charge in [-0.1, -0.05) is 13.3 Å². The monoisotopic (exact) mass is 329 g/mol. The van der Waals surface area contributed by atoms with Crippen LogP contribution < -0.4 is 12.4 Å². The third-order valence-electron chi connectivity index (χ3n) is 1.68. The number of hydrogen-bond donors (Lipinski definition) is 1. The zero-order valence-electron chi connectivity index (χ0n) is 10.3. The summed E-state index contributed by atoms with van der Waals surface area (Å²) in [5.41, 5.74) is 0. The molecular weight excluding hydrogens is 311 g/mol. The maximum absolute atomic E-state index is 8.07. The molecule has 1 radical (unpaired) electrons. The van der Waals surface area contributed by atoms with Crippen molar-refractivity contribution in [1.29, 1.82) is 0 Å². The van der Waals surface area contributed by atoms with E-state index in [4.69, 9.17) is 5.11 Å². The Balaban J connectivity index is -0.000000163. The van der Waals surface area contributed by atoms with Crippen molar-refractivity contribution in [1.82, 2.24) is 0 Å². The van der Waals surface area contributed by atoms with Crippen LogP contribution in [0.25, 0.3) is 0 Å². The van der Waals surface area contributed by atoms with Crippen molar-refractivity contribution in [3.8, 4) is 0 Å². The first-order valence-corrected chi connectivity index (χ1v) is 5.46. The van der Waals surface area contributed by atoms with E-state index in [-0.39, 0.29) is 38.6 Å². The van der Waals surface area contributed by atoms with Crippen molar-refractivity contribution >= 4 is 0 Å². The summed E-state index contributed by atoms with van der Waals surface area (Å²) in [7, 11) is 0. The van der Waals surface area contributed by atoms with Crippen LogP contribution in [0.4, 0.5) is 0 Å². The smallest absolute Gasteiger partial charge is 1.00 e. The number of unbranched alkanes of at least 4 members (excludes halogenated alkanes) is 1. The molecule has 0 saturated heterocycles. The van der Waals surface area contributed by atoms with Crippen LogP contribution in [0.3, 0.4) is 0 Å². The summed E-state index contributed by atoms with van der Waals surface area (Å²) in [6.45, 7) is 2.40. The van der Waals surface area contributed by atoms with E-state index in [2.05, 4.69) is 31.2 Å². The maximum atomic E-state index is 8.07. The first-order valence-electron chi connectivity index (χ1n) is 5.46. The number of aliphatic hydroxyl groups is 1. The average Bonchev–Trinajstić information content (AvgIpc) is 2.99. The molecule has 0 unspecified atom stereocenters. The Kier molecular flexibility index (Phi) is 28.0. The van der Waals surface area contributed by atoms with Gasteiger partial charge in [-0.15, -0.1) is 12.8 Å². The van der Waals surface area contributed by atoms with Crippen LogP contribution in [0.1, 0.15) is 32.6 Å². The van der Waals surface area contributed by atoms with Crippen LogP contribution in [0.5, 0.6) is 0 Å². The van der Waals surface area contributed by atoms with E-state index in [1.165, 1.54) is 0 Å². The van der Waals surface area contributed by atoms with Crippen molar-refractivity contribution in [2.45, 2.75) is 32.6 Å². The molecule has 2 aliphatic carbocycles. The third kappa shape index (κ3) is 21.9. The fourth-order valence-corrected chi connectivity index (χ4v) is 0.839. The van der Waals surface area contributed by atoms with E-state index in [1.54, 1.807) is 0 Å². The van der Waals surface area contributed by atoms with Gasteiger partial charge in [0.15, 0.2) is 0 Å². The molecule has 0 aromatic rings. The Hall–Kier alpha value is 0.0931. The molecule has 0 amide bonds. The predicted octanol–water partition coefficient (Wildman–Crippen LogP) is 0.392. The Labute approximate surface area is 131 Å². The zero-order chi connectivity index (χ0) is 11.2. The first kappa shape index (κ1) is 22.3. The molecule has 0 aromatic carbocycles. The summed E-state index contributed by atoms with van der Waals surface area (Å²) in [5.74, 6) is 0. The summed E-state index contributed by atoms with van der Waals surface area (Å²) in [6.07, 6.45) is 22.0. The molecule has 0 bridgehead atoms. The minimum absolute atomic E-state index is 0. The van der Waals surface area contributed by atoms with Crippen LogP contribution >= 0.6 is 0 Å². The second-order valence-electron chi connectivity index (χ2n) is 3.08. The van der Waals surface area contributed by atoms with Crippen LogP contribution in [0.15, 0.2) is 36.5 Å². The van der Waals surface area contributed by atoms with Gasteiger partial charge in [0.1, 0.15) is 0 Å². The van der Waals surface area contributed by atoms with E-state index in [0.717, 1.165) is 25.7 Å². The fourth-order valence-electron chi connectivity index (χ4n) is 0.839. The Morgan fingerprint density at radius 1 is 1.06 bits per heavy atom. The number of allylic oxidation sites excluding steroid dienone is 8. The first-order chi connectivity index (χ1) is 7.41. The summed E-state index contributed by atoms with van der Waals surface area (Å²) < 4.78 is 0. The largest absolute Gasteiger partial charge is 3.00 e. The molecule has 0 fully saturated rings. The van der Waals surface area contributed by atoms with E-state index >= 15 is 0 Å². The third-order valence-corrected chi connectivity index (χ3v) is 1.68. The van der Waals surface area contributed by atoms with E-state index in [9.17, 15) is 0 Å². The molecule has 3 heteroatoms. The summed E-state index contributed by atoms with van der Waals surface area (Å²) in [4.78, 5) is 0. The molecule has 0 spiro atoms. The van der Waals surface area contributed by atoms with Gasteiger partial charge in [-0.2, -0.15) is 12.2 Å². The van der Waals surface area contributed by atoms with Gasteiger partial charge in [0.2, 0.25) is 0 Å². The average molecular weight is 331 g/mol. The second kappa shape index (κ2) is 21.4.